The van der Waals surface area contributed by atoms with E-state index in [0.717, 1.165) is 12.1 Å². The van der Waals surface area contributed by atoms with Gasteiger partial charge in [0, 0.05) is 30.1 Å². The third kappa shape index (κ3) is 1.72. The number of fused-ring (bicyclic) bond motifs is 1. The number of carbonyl (C=O) groups is 1. The summed E-state index contributed by atoms with van der Waals surface area (Å²) in [6, 6.07) is 10.8. The van der Waals surface area contributed by atoms with Crippen LogP contribution in [0.15, 0.2) is 47.4 Å². The lowest BCUT2D eigenvalue weighted by atomic mass is 10.2. The van der Waals surface area contributed by atoms with Crippen molar-refractivity contribution in [1.82, 2.24) is 4.98 Å². The van der Waals surface area contributed by atoms with E-state index in [9.17, 15) is 9.59 Å². The normalized spacial score (nSPS) is 13.4. The smallest absolute Gasteiger partial charge is 0.258 e. The second-order valence-electron chi connectivity index (χ2n) is 4.28. The highest BCUT2D eigenvalue weighted by Gasteiger charge is 2.24. The van der Waals surface area contributed by atoms with Crippen molar-refractivity contribution in [2.45, 2.75) is 6.42 Å². The zero-order chi connectivity index (χ0) is 12.5. The second kappa shape index (κ2) is 4.14. The lowest BCUT2D eigenvalue weighted by Gasteiger charge is -2.16. The Hall–Kier alpha value is -2.36. The lowest BCUT2D eigenvalue weighted by molar-refractivity contribution is 0.0989. The zero-order valence-corrected chi connectivity index (χ0v) is 9.72. The molecule has 1 aromatic heterocycles. The van der Waals surface area contributed by atoms with Crippen LogP contribution in [-0.4, -0.2) is 17.4 Å². The number of aromatic amines is 1. The molecule has 0 atom stereocenters. The van der Waals surface area contributed by atoms with Crippen molar-refractivity contribution in [2.75, 3.05) is 11.4 Å². The van der Waals surface area contributed by atoms with Crippen LogP contribution in [0.2, 0.25) is 0 Å². The molecule has 2 aromatic rings. The van der Waals surface area contributed by atoms with Crippen molar-refractivity contribution in [1.29, 1.82) is 0 Å². The SMILES string of the molecule is O=C(c1cc[nH]c(=O)c1)N1CCc2ccccc21. The number of pyridine rings is 1. The Bertz CT molecular complexity index is 661. The number of hydrogen-bond acceptors (Lipinski definition) is 2. The standard InChI is InChI=1S/C14H12N2O2/c17-13-9-11(5-7-15-13)14(18)16-8-6-10-3-1-2-4-12(10)16/h1-5,7,9H,6,8H2,(H,15,17). The van der Waals surface area contributed by atoms with E-state index in [1.165, 1.54) is 17.8 Å². The number of nitrogens with zero attached hydrogens (tertiary/aromatic N) is 1. The van der Waals surface area contributed by atoms with Gasteiger partial charge in [0.1, 0.15) is 0 Å². The molecule has 0 aliphatic carbocycles. The van der Waals surface area contributed by atoms with Crippen molar-refractivity contribution in [3.63, 3.8) is 0 Å². The molecule has 1 aromatic carbocycles. The van der Waals surface area contributed by atoms with Crippen molar-refractivity contribution in [3.8, 4) is 0 Å². The Morgan fingerprint density at radius 3 is 2.89 bits per heavy atom. The molecule has 1 amide bonds. The summed E-state index contributed by atoms with van der Waals surface area (Å²) in [6.45, 7) is 0.672. The van der Waals surface area contributed by atoms with Crippen LogP contribution >= 0.6 is 0 Å². The number of aromatic nitrogens is 1. The summed E-state index contributed by atoms with van der Waals surface area (Å²) in [5.41, 5.74) is 2.29. The number of para-hydroxylation sites is 1. The molecule has 1 aliphatic rings. The van der Waals surface area contributed by atoms with Crippen LogP contribution in [0.5, 0.6) is 0 Å². The Morgan fingerprint density at radius 1 is 1.22 bits per heavy atom. The third-order valence-corrected chi connectivity index (χ3v) is 3.15. The fraction of sp³-hybridized carbons (Fsp3) is 0.143. The van der Waals surface area contributed by atoms with E-state index in [0.29, 0.717) is 12.1 Å². The van der Waals surface area contributed by atoms with Crippen LogP contribution in [0, 0.1) is 0 Å². The number of rotatable bonds is 1. The minimum Gasteiger partial charge on any atom is -0.329 e. The minimum atomic E-state index is -0.256. The van der Waals surface area contributed by atoms with E-state index in [1.54, 1.807) is 11.0 Å². The molecule has 4 heteroatoms. The maximum Gasteiger partial charge on any atom is 0.258 e. The molecule has 0 spiro atoms. The van der Waals surface area contributed by atoms with Gasteiger partial charge in [-0.2, -0.15) is 0 Å². The first-order valence-corrected chi connectivity index (χ1v) is 5.84. The van der Waals surface area contributed by atoms with Gasteiger partial charge in [0.05, 0.1) is 0 Å². The van der Waals surface area contributed by atoms with Gasteiger partial charge in [0.2, 0.25) is 5.56 Å². The Balaban J connectivity index is 1.98. The van der Waals surface area contributed by atoms with Crippen LogP contribution in [0.3, 0.4) is 0 Å². The quantitative estimate of drug-likeness (QED) is 0.822. The van der Waals surface area contributed by atoms with Crippen molar-refractivity contribution < 1.29 is 4.79 Å². The predicted octanol–water partition coefficient (Wildman–Crippen LogP) is 1.58. The van der Waals surface area contributed by atoms with E-state index < -0.39 is 0 Å². The van der Waals surface area contributed by atoms with Gasteiger partial charge in [-0.25, -0.2) is 0 Å². The molecule has 1 N–H and O–H groups in total. The molecule has 18 heavy (non-hydrogen) atoms. The number of carbonyl (C=O) groups excluding carboxylic acids is 1. The molecule has 0 bridgehead atoms. The zero-order valence-electron chi connectivity index (χ0n) is 9.72. The largest absolute Gasteiger partial charge is 0.329 e. The highest BCUT2D eigenvalue weighted by Crippen LogP contribution is 2.28. The average Bonchev–Trinajstić information content (AvgIpc) is 2.82. The summed E-state index contributed by atoms with van der Waals surface area (Å²) in [5, 5.41) is 0. The van der Waals surface area contributed by atoms with Gasteiger partial charge in [0.15, 0.2) is 0 Å². The second-order valence-corrected chi connectivity index (χ2v) is 4.28. The molecule has 0 fully saturated rings. The van der Waals surface area contributed by atoms with Crippen LogP contribution in [0.25, 0.3) is 0 Å². The number of amides is 1. The Morgan fingerprint density at radius 2 is 2.06 bits per heavy atom. The van der Waals surface area contributed by atoms with E-state index >= 15 is 0 Å². The van der Waals surface area contributed by atoms with Gasteiger partial charge in [-0.3, -0.25) is 9.59 Å². The summed E-state index contributed by atoms with van der Waals surface area (Å²) in [6.07, 6.45) is 2.36. The number of benzene rings is 1. The maximum atomic E-state index is 12.3. The van der Waals surface area contributed by atoms with Gasteiger partial charge < -0.3 is 9.88 Å². The number of hydrogen-bond donors (Lipinski definition) is 1. The summed E-state index contributed by atoms with van der Waals surface area (Å²) in [7, 11) is 0. The summed E-state index contributed by atoms with van der Waals surface area (Å²) < 4.78 is 0. The topological polar surface area (TPSA) is 53.2 Å². The van der Waals surface area contributed by atoms with E-state index in [2.05, 4.69) is 4.98 Å². The summed E-state index contributed by atoms with van der Waals surface area (Å²) >= 11 is 0. The fourth-order valence-electron chi connectivity index (χ4n) is 2.28. The van der Waals surface area contributed by atoms with Crippen LogP contribution in [-0.2, 0) is 6.42 Å². The molecule has 1 aliphatic heterocycles. The van der Waals surface area contributed by atoms with Crippen LogP contribution < -0.4 is 10.5 Å². The Kier molecular flexibility index (Phi) is 2.48. The molecule has 0 radical (unpaired) electrons. The molecule has 2 heterocycles. The van der Waals surface area contributed by atoms with Gasteiger partial charge in [-0.1, -0.05) is 18.2 Å². The summed E-state index contributed by atoms with van der Waals surface area (Å²) in [4.78, 5) is 27.8. The number of H-pyrrole nitrogens is 1. The van der Waals surface area contributed by atoms with E-state index in [4.69, 9.17) is 0 Å². The number of nitrogens with one attached hydrogen (secondary N) is 1. The Labute approximate surface area is 104 Å². The molecule has 4 nitrogen and oxygen atoms in total. The minimum absolute atomic E-state index is 0.119. The van der Waals surface area contributed by atoms with Crippen molar-refractivity contribution in [3.05, 3.63) is 64.1 Å². The van der Waals surface area contributed by atoms with Gasteiger partial charge in [-0.05, 0) is 24.1 Å². The third-order valence-electron chi connectivity index (χ3n) is 3.15. The highest BCUT2D eigenvalue weighted by molar-refractivity contribution is 6.07. The van der Waals surface area contributed by atoms with Crippen LogP contribution in [0.1, 0.15) is 15.9 Å². The first kappa shape index (κ1) is 10.8. The average molecular weight is 240 g/mol. The monoisotopic (exact) mass is 240 g/mol. The first-order valence-electron chi connectivity index (χ1n) is 5.84. The summed E-state index contributed by atoms with van der Waals surface area (Å²) in [5.74, 6) is -0.119. The highest BCUT2D eigenvalue weighted by atomic mass is 16.2. The maximum absolute atomic E-state index is 12.3. The fourth-order valence-corrected chi connectivity index (χ4v) is 2.28. The molecular formula is C14H12N2O2. The first-order chi connectivity index (χ1) is 8.75. The van der Waals surface area contributed by atoms with Gasteiger partial charge in [-0.15, -0.1) is 0 Å². The van der Waals surface area contributed by atoms with E-state index in [-0.39, 0.29) is 11.5 Å². The van der Waals surface area contributed by atoms with Crippen molar-refractivity contribution >= 4 is 11.6 Å². The lowest BCUT2D eigenvalue weighted by Crippen LogP contribution is -2.29. The molecule has 0 saturated carbocycles. The molecule has 90 valence electrons. The number of anilines is 1. The predicted molar refractivity (Wildman–Crippen MR) is 68.9 cm³/mol. The molecule has 0 saturated heterocycles. The molecule has 0 unspecified atom stereocenters. The molecular weight excluding hydrogens is 228 g/mol. The molecule has 3 rings (SSSR count). The van der Waals surface area contributed by atoms with Crippen molar-refractivity contribution in [2.24, 2.45) is 0 Å². The van der Waals surface area contributed by atoms with Gasteiger partial charge in [0.25, 0.3) is 5.91 Å². The van der Waals surface area contributed by atoms with E-state index in [1.807, 2.05) is 24.3 Å². The van der Waals surface area contributed by atoms with Gasteiger partial charge >= 0.3 is 0 Å². The van der Waals surface area contributed by atoms with Crippen LogP contribution in [0.4, 0.5) is 5.69 Å².